The molecule has 2 fully saturated rings. The highest BCUT2D eigenvalue weighted by Gasteiger charge is 2.27. The molecule has 0 radical (unpaired) electrons. The zero-order chi connectivity index (χ0) is 19.1. The first-order valence-corrected chi connectivity index (χ1v) is 9.81. The van der Waals surface area contributed by atoms with Crippen molar-refractivity contribution in [2.75, 3.05) is 37.7 Å². The maximum absolute atomic E-state index is 12.2. The number of aryl methyl sites for hydroxylation is 1. The van der Waals surface area contributed by atoms with E-state index in [1.807, 2.05) is 36.6 Å². The molecule has 1 N–H and O–H groups in total. The molecule has 3 aromatic heterocycles. The Morgan fingerprint density at radius 1 is 1.29 bits per heavy atom. The molecule has 0 spiro atoms. The quantitative estimate of drug-likeness (QED) is 0.753. The summed E-state index contributed by atoms with van der Waals surface area (Å²) in [6, 6.07) is 4.18. The molecule has 3 aromatic rings. The highest BCUT2D eigenvalue weighted by molar-refractivity contribution is 5.93. The van der Waals surface area contributed by atoms with Crippen molar-refractivity contribution in [1.82, 2.24) is 24.6 Å². The van der Waals surface area contributed by atoms with Crippen molar-refractivity contribution < 1.29 is 9.53 Å². The Labute approximate surface area is 163 Å². The number of hydrogen-bond donors (Lipinski definition) is 1. The number of carbonyl (C=O) groups is 1. The molecular formula is C20H24N6O2. The lowest BCUT2D eigenvalue weighted by Gasteiger charge is -2.35. The number of pyridine rings is 1. The first-order chi connectivity index (χ1) is 13.7. The molecule has 5 rings (SSSR count). The summed E-state index contributed by atoms with van der Waals surface area (Å²) < 4.78 is 7.20. The lowest BCUT2D eigenvalue weighted by molar-refractivity contribution is 0.0961. The van der Waals surface area contributed by atoms with E-state index in [-0.39, 0.29) is 6.09 Å². The number of carbonyl (C=O) groups excluding carboxylic acids is 1. The average molecular weight is 380 g/mol. The van der Waals surface area contributed by atoms with E-state index in [0.29, 0.717) is 25.6 Å². The number of fused-ring (bicyclic) bond motifs is 1. The molecule has 0 bridgehead atoms. The maximum atomic E-state index is 12.2. The van der Waals surface area contributed by atoms with Crippen LogP contribution in [0.15, 0.2) is 30.7 Å². The van der Waals surface area contributed by atoms with Crippen LogP contribution in [0.25, 0.3) is 22.3 Å². The second-order valence-electron chi connectivity index (χ2n) is 7.67. The molecule has 1 aliphatic heterocycles. The van der Waals surface area contributed by atoms with Gasteiger partial charge in [0.05, 0.1) is 18.5 Å². The third kappa shape index (κ3) is 3.30. The van der Waals surface area contributed by atoms with Crippen molar-refractivity contribution in [2.45, 2.75) is 12.8 Å². The second-order valence-corrected chi connectivity index (χ2v) is 7.67. The minimum Gasteiger partial charge on any atom is -0.449 e. The summed E-state index contributed by atoms with van der Waals surface area (Å²) in [5.41, 5.74) is 4.05. The van der Waals surface area contributed by atoms with Crippen molar-refractivity contribution in [3.63, 3.8) is 0 Å². The summed E-state index contributed by atoms with van der Waals surface area (Å²) >= 11 is 0. The molecule has 1 amide bonds. The second kappa shape index (κ2) is 6.85. The van der Waals surface area contributed by atoms with Gasteiger partial charge in [0.25, 0.3) is 0 Å². The van der Waals surface area contributed by atoms with E-state index in [2.05, 4.69) is 26.0 Å². The number of aromatic nitrogens is 4. The van der Waals surface area contributed by atoms with Crippen LogP contribution in [0.1, 0.15) is 12.8 Å². The van der Waals surface area contributed by atoms with Crippen LogP contribution in [0, 0.1) is 5.92 Å². The van der Waals surface area contributed by atoms with Crippen LogP contribution in [0.5, 0.6) is 0 Å². The predicted molar refractivity (Wildman–Crippen MR) is 106 cm³/mol. The molecule has 0 aromatic carbocycles. The van der Waals surface area contributed by atoms with Gasteiger partial charge in [-0.15, -0.1) is 0 Å². The van der Waals surface area contributed by atoms with Crippen LogP contribution in [0.4, 0.5) is 10.5 Å². The molecule has 1 saturated heterocycles. The monoisotopic (exact) mass is 380 g/mol. The number of nitrogens with zero attached hydrogens (tertiary/aromatic N) is 5. The number of hydrogen-bond acceptors (Lipinski definition) is 5. The first-order valence-electron chi connectivity index (χ1n) is 9.81. The molecule has 0 unspecified atom stereocenters. The van der Waals surface area contributed by atoms with Crippen LogP contribution in [-0.2, 0) is 11.8 Å². The van der Waals surface area contributed by atoms with E-state index in [1.165, 1.54) is 12.8 Å². The third-order valence-corrected chi connectivity index (χ3v) is 5.54. The van der Waals surface area contributed by atoms with Crippen molar-refractivity contribution in [3.05, 3.63) is 30.7 Å². The van der Waals surface area contributed by atoms with Gasteiger partial charge >= 0.3 is 6.09 Å². The number of aromatic amines is 1. The molecule has 8 nitrogen and oxygen atoms in total. The van der Waals surface area contributed by atoms with Gasteiger partial charge < -0.3 is 19.5 Å². The van der Waals surface area contributed by atoms with Gasteiger partial charge in [-0.3, -0.25) is 4.68 Å². The van der Waals surface area contributed by atoms with E-state index in [0.717, 1.165) is 41.1 Å². The van der Waals surface area contributed by atoms with Crippen LogP contribution in [0.2, 0.25) is 0 Å². The SMILES string of the molecule is Cn1cc(-c2cc3c(N4CCN(C(=O)OCC5CC5)CC4)ccnc3[nH]2)cn1. The maximum Gasteiger partial charge on any atom is 0.409 e. The van der Waals surface area contributed by atoms with E-state index in [4.69, 9.17) is 4.74 Å². The zero-order valence-electron chi connectivity index (χ0n) is 16.0. The number of anilines is 1. The molecule has 2 aliphatic rings. The molecule has 1 saturated carbocycles. The van der Waals surface area contributed by atoms with Gasteiger partial charge in [0.2, 0.25) is 0 Å². The number of piperazine rings is 1. The van der Waals surface area contributed by atoms with Gasteiger partial charge in [0, 0.05) is 62.3 Å². The van der Waals surface area contributed by atoms with Gasteiger partial charge in [-0.1, -0.05) is 0 Å². The third-order valence-electron chi connectivity index (χ3n) is 5.54. The van der Waals surface area contributed by atoms with Crippen LogP contribution in [0.3, 0.4) is 0 Å². The van der Waals surface area contributed by atoms with E-state index in [1.54, 1.807) is 4.68 Å². The molecule has 146 valence electrons. The number of ether oxygens (including phenoxy) is 1. The number of rotatable bonds is 4. The predicted octanol–water partition coefficient (Wildman–Crippen LogP) is 2.63. The van der Waals surface area contributed by atoms with Gasteiger partial charge in [0.1, 0.15) is 5.65 Å². The molecule has 28 heavy (non-hydrogen) atoms. The van der Waals surface area contributed by atoms with E-state index >= 15 is 0 Å². The Morgan fingerprint density at radius 2 is 2.11 bits per heavy atom. The van der Waals surface area contributed by atoms with Crippen molar-refractivity contribution in [2.24, 2.45) is 13.0 Å². The minimum absolute atomic E-state index is 0.174. The summed E-state index contributed by atoms with van der Waals surface area (Å²) in [6.07, 6.45) is 7.87. The van der Waals surface area contributed by atoms with Gasteiger partial charge in [-0.25, -0.2) is 9.78 Å². The largest absolute Gasteiger partial charge is 0.449 e. The lowest BCUT2D eigenvalue weighted by Crippen LogP contribution is -2.49. The summed E-state index contributed by atoms with van der Waals surface area (Å²) in [5.74, 6) is 0.595. The van der Waals surface area contributed by atoms with Gasteiger partial charge in [-0.05, 0) is 30.9 Å². The van der Waals surface area contributed by atoms with Crippen LogP contribution in [-0.4, -0.2) is 63.5 Å². The first kappa shape index (κ1) is 17.1. The summed E-state index contributed by atoms with van der Waals surface area (Å²) in [4.78, 5) is 24.2. The molecule has 4 heterocycles. The topological polar surface area (TPSA) is 79.3 Å². The van der Waals surface area contributed by atoms with E-state index < -0.39 is 0 Å². The summed E-state index contributed by atoms with van der Waals surface area (Å²) in [7, 11) is 1.91. The van der Waals surface area contributed by atoms with Gasteiger partial charge in [0.15, 0.2) is 0 Å². The highest BCUT2D eigenvalue weighted by atomic mass is 16.6. The van der Waals surface area contributed by atoms with Crippen molar-refractivity contribution in [1.29, 1.82) is 0 Å². The van der Waals surface area contributed by atoms with E-state index in [9.17, 15) is 4.79 Å². The Bertz CT molecular complexity index is 997. The molecule has 8 heteroatoms. The summed E-state index contributed by atoms with van der Waals surface area (Å²) in [6.45, 7) is 3.49. The van der Waals surface area contributed by atoms with Crippen molar-refractivity contribution in [3.8, 4) is 11.3 Å². The normalized spacial score (nSPS) is 17.3. The fourth-order valence-corrected chi connectivity index (χ4v) is 3.70. The van der Waals surface area contributed by atoms with Crippen LogP contribution >= 0.6 is 0 Å². The Morgan fingerprint density at radius 3 is 2.82 bits per heavy atom. The van der Waals surface area contributed by atoms with Crippen molar-refractivity contribution >= 4 is 22.8 Å². The number of H-pyrrole nitrogens is 1. The average Bonchev–Trinajstić information content (AvgIpc) is 3.28. The summed E-state index contributed by atoms with van der Waals surface area (Å²) in [5, 5.41) is 5.34. The molecule has 0 atom stereocenters. The minimum atomic E-state index is -0.174. The lowest BCUT2D eigenvalue weighted by atomic mass is 10.2. The fourth-order valence-electron chi connectivity index (χ4n) is 3.70. The Kier molecular flexibility index (Phi) is 4.18. The van der Waals surface area contributed by atoms with Crippen LogP contribution < -0.4 is 4.90 Å². The fraction of sp³-hybridized carbons (Fsp3) is 0.450. The highest BCUT2D eigenvalue weighted by Crippen LogP contribution is 2.31. The Balaban J connectivity index is 1.31. The zero-order valence-corrected chi connectivity index (χ0v) is 16.0. The molecular weight excluding hydrogens is 356 g/mol. The number of amides is 1. The van der Waals surface area contributed by atoms with Gasteiger partial charge in [-0.2, -0.15) is 5.10 Å². The number of nitrogens with one attached hydrogen (secondary N) is 1. The standard InChI is InChI=1S/C20H24N6O2/c1-24-12-15(11-22-24)17-10-16-18(4-5-21-19(16)23-17)25-6-8-26(9-7-25)20(27)28-13-14-2-3-14/h4-5,10-12,14H,2-3,6-9,13H2,1H3,(H,21,23). The Hall–Kier alpha value is -3.03. The smallest absolute Gasteiger partial charge is 0.409 e. The molecule has 1 aliphatic carbocycles.